The average Bonchev–Trinajstić information content (AvgIpc) is 2.48. The Morgan fingerprint density at radius 2 is 2.42 bits per heavy atom. The summed E-state index contributed by atoms with van der Waals surface area (Å²) in [6, 6.07) is 1.57. The molecule has 0 aliphatic carbocycles. The smallest absolute Gasteiger partial charge is 0.345 e. The van der Waals surface area contributed by atoms with Gasteiger partial charge in [-0.25, -0.2) is 4.79 Å². The van der Waals surface area contributed by atoms with Crippen LogP contribution in [0.15, 0.2) is 17.5 Å². The van der Waals surface area contributed by atoms with Gasteiger partial charge in [0.25, 0.3) is 0 Å². The minimum absolute atomic E-state index is 0.0295. The Morgan fingerprint density at radius 1 is 1.67 bits per heavy atom. The zero-order valence-corrected chi connectivity index (χ0v) is 7.04. The number of hydrogen-bond donors (Lipinski definition) is 2. The highest BCUT2D eigenvalue weighted by atomic mass is 32.1. The third-order valence-corrected chi connectivity index (χ3v) is 2.18. The van der Waals surface area contributed by atoms with Gasteiger partial charge < -0.3 is 10.2 Å². The zero-order valence-electron chi connectivity index (χ0n) is 6.23. The minimum Gasteiger partial charge on any atom is -0.477 e. The first-order valence-corrected chi connectivity index (χ1v) is 4.21. The molecular formula is C8H8O3S. The molecule has 0 amide bonds. The second kappa shape index (κ2) is 4.04. The van der Waals surface area contributed by atoms with E-state index in [4.69, 9.17) is 10.2 Å². The Kier molecular flexibility index (Phi) is 3.01. The first-order valence-electron chi connectivity index (χ1n) is 3.33. The normalized spacial score (nSPS) is 10.8. The van der Waals surface area contributed by atoms with Crippen molar-refractivity contribution in [2.45, 2.75) is 0 Å². The van der Waals surface area contributed by atoms with Crippen LogP contribution in [0.4, 0.5) is 0 Å². The molecule has 3 nitrogen and oxygen atoms in total. The third-order valence-electron chi connectivity index (χ3n) is 1.25. The molecular weight excluding hydrogens is 176 g/mol. The van der Waals surface area contributed by atoms with E-state index in [0.29, 0.717) is 4.88 Å². The van der Waals surface area contributed by atoms with Gasteiger partial charge in [0.2, 0.25) is 0 Å². The highest BCUT2D eigenvalue weighted by Gasteiger charge is 2.03. The van der Waals surface area contributed by atoms with Gasteiger partial charge in [-0.2, -0.15) is 0 Å². The predicted molar refractivity (Wildman–Crippen MR) is 47.4 cm³/mol. The van der Waals surface area contributed by atoms with Gasteiger partial charge in [-0.3, -0.25) is 0 Å². The lowest BCUT2D eigenvalue weighted by atomic mass is 10.3. The highest BCUT2D eigenvalue weighted by molar-refractivity contribution is 7.12. The Hall–Kier alpha value is -1.13. The number of hydrogen-bond acceptors (Lipinski definition) is 3. The molecule has 2 N–H and O–H groups in total. The van der Waals surface area contributed by atoms with E-state index in [1.165, 1.54) is 11.3 Å². The van der Waals surface area contributed by atoms with Crippen LogP contribution in [-0.4, -0.2) is 22.8 Å². The van der Waals surface area contributed by atoms with Crippen LogP contribution in [0.1, 0.15) is 15.2 Å². The highest BCUT2D eigenvalue weighted by Crippen LogP contribution is 2.15. The first-order chi connectivity index (χ1) is 5.74. The van der Waals surface area contributed by atoms with Crippen molar-refractivity contribution >= 4 is 23.4 Å². The summed E-state index contributed by atoms with van der Waals surface area (Å²) < 4.78 is 0. The van der Waals surface area contributed by atoms with Crippen molar-refractivity contribution < 1.29 is 15.0 Å². The van der Waals surface area contributed by atoms with Gasteiger partial charge in [0.15, 0.2) is 0 Å². The summed E-state index contributed by atoms with van der Waals surface area (Å²) in [7, 11) is 0. The lowest BCUT2D eigenvalue weighted by molar-refractivity contribution is 0.0702. The number of aliphatic hydroxyl groups excluding tert-OH is 1. The van der Waals surface area contributed by atoms with Crippen LogP contribution in [-0.2, 0) is 0 Å². The summed E-state index contributed by atoms with van der Waals surface area (Å²) in [6.07, 6.45) is 3.25. The summed E-state index contributed by atoms with van der Waals surface area (Å²) in [4.78, 5) is 10.7. The van der Waals surface area contributed by atoms with Crippen molar-refractivity contribution in [2.24, 2.45) is 0 Å². The van der Waals surface area contributed by atoms with Gasteiger partial charge >= 0.3 is 5.97 Å². The number of aromatic carboxylic acids is 1. The SMILES string of the molecule is O=C(O)c1cc(C=CCO)cs1. The third kappa shape index (κ3) is 2.18. The molecule has 1 aromatic heterocycles. The summed E-state index contributed by atoms with van der Waals surface area (Å²) >= 11 is 1.18. The molecule has 0 aliphatic heterocycles. The molecule has 12 heavy (non-hydrogen) atoms. The Balaban J connectivity index is 2.77. The van der Waals surface area contributed by atoms with Crippen molar-refractivity contribution in [1.29, 1.82) is 0 Å². The molecule has 4 heteroatoms. The molecule has 0 bridgehead atoms. The molecule has 0 unspecified atom stereocenters. The maximum absolute atomic E-state index is 10.4. The van der Waals surface area contributed by atoms with E-state index in [2.05, 4.69) is 0 Å². The molecule has 0 saturated carbocycles. The molecule has 0 saturated heterocycles. The topological polar surface area (TPSA) is 57.5 Å². The standard InChI is InChI=1S/C8H8O3S/c9-3-1-2-6-4-7(8(10)11)12-5-6/h1-2,4-5,9H,3H2,(H,10,11). The van der Waals surface area contributed by atoms with E-state index in [-0.39, 0.29) is 6.61 Å². The van der Waals surface area contributed by atoms with Crippen molar-refractivity contribution in [1.82, 2.24) is 0 Å². The second-order valence-corrected chi connectivity index (χ2v) is 3.05. The number of carboxylic acids is 1. The molecule has 64 valence electrons. The minimum atomic E-state index is -0.913. The Morgan fingerprint density at radius 3 is 2.92 bits per heavy atom. The molecule has 0 radical (unpaired) electrons. The summed E-state index contributed by atoms with van der Waals surface area (Å²) in [5, 5.41) is 18.7. The maximum atomic E-state index is 10.4. The average molecular weight is 184 g/mol. The van der Waals surface area contributed by atoms with Crippen molar-refractivity contribution in [3.05, 3.63) is 28.0 Å². The van der Waals surface area contributed by atoms with Gasteiger partial charge in [-0.1, -0.05) is 12.2 Å². The largest absolute Gasteiger partial charge is 0.477 e. The Bertz CT molecular complexity index is 301. The molecule has 0 atom stereocenters. The van der Waals surface area contributed by atoms with Gasteiger partial charge in [-0.15, -0.1) is 11.3 Å². The van der Waals surface area contributed by atoms with Crippen LogP contribution in [0.3, 0.4) is 0 Å². The van der Waals surface area contributed by atoms with Crippen LogP contribution in [0.25, 0.3) is 6.08 Å². The monoisotopic (exact) mass is 184 g/mol. The van der Waals surface area contributed by atoms with E-state index in [0.717, 1.165) is 5.56 Å². The second-order valence-electron chi connectivity index (χ2n) is 2.13. The van der Waals surface area contributed by atoms with Gasteiger partial charge in [-0.05, 0) is 17.0 Å². The van der Waals surface area contributed by atoms with Crippen molar-refractivity contribution in [2.75, 3.05) is 6.61 Å². The maximum Gasteiger partial charge on any atom is 0.345 e. The van der Waals surface area contributed by atoms with Gasteiger partial charge in [0.05, 0.1) is 6.61 Å². The zero-order chi connectivity index (χ0) is 8.97. The van der Waals surface area contributed by atoms with E-state index < -0.39 is 5.97 Å². The first kappa shape index (κ1) is 8.96. The fourth-order valence-corrected chi connectivity index (χ4v) is 1.45. The van der Waals surface area contributed by atoms with Crippen molar-refractivity contribution in [3.8, 4) is 0 Å². The van der Waals surface area contributed by atoms with E-state index in [9.17, 15) is 4.79 Å². The summed E-state index contributed by atoms with van der Waals surface area (Å²) in [6.45, 7) is -0.0295. The Labute approximate surface area is 73.6 Å². The summed E-state index contributed by atoms with van der Waals surface area (Å²) in [5.74, 6) is -0.913. The molecule has 1 aromatic rings. The molecule has 0 fully saturated rings. The molecule has 0 aromatic carbocycles. The lowest BCUT2D eigenvalue weighted by Gasteiger charge is -1.82. The van der Waals surface area contributed by atoms with Gasteiger partial charge in [0.1, 0.15) is 4.88 Å². The van der Waals surface area contributed by atoms with E-state index in [1.807, 2.05) is 0 Å². The molecule has 1 heterocycles. The molecule has 0 spiro atoms. The number of thiophene rings is 1. The number of aliphatic hydroxyl groups is 1. The number of carboxylic acid groups (broad SMARTS) is 1. The quantitative estimate of drug-likeness (QED) is 0.747. The fourth-order valence-electron chi connectivity index (χ4n) is 0.739. The lowest BCUT2D eigenvalue weighted by Crippen LogP contribution is -1.89. The van der Waals surface area contributed by atoms with Crippen LogP contribution in [0.5, 0.6) is 0 Å². The van der Waals surface area contributed by atoms with E-state index in [1.54, 1.807) is 23.6 Å². The van der Waals surface area contributed by atoms with Crippen molar-refractivity contribution in [3.63, 3.8) is 0 Å². The van der Waals surface area contributed by atoms with Crippen LogP contribution in [0.2, 0.25) is 0 Å². The van der Waals surface area contributed by atoms with Crippen LogP contribution < -0.4 is 0 Å². The van der Waals surface area contributed by atoms with Crippen LogP contribution >= 0.6 is 11.3 Å². The van der Waals surface area contributed by atoms with Crippen LogP contribution in [0, 0.1) is 0 Å². The number of rotatable bonds is 3. The summed E-state index contributed by atoms with van der Waals surface area (Å²) in [5.41, 5.74) is 0.812. The predicted octanol–water partition coefficient (Wildman–Crippen LogP) is 1.45. The molecule has 1 rings (SSSR count). The van der Waals surface area contributed by atoms with E-state index >= 15 is 0 Å². The fraction of sp³-hybridized carbons (Fsp3) is 0.125. The van der Waals surface area contributed by atoms with Gasteiger partial charge in [0, 0.05) is 0 Å². The number of carbonyl (C=O) groups is 1. The molecule has 0 aliphatic rings.